The van der Waals surface area contributed by atoms with Crippen LogP contribution in [0.1, 0.15) is 17.5 Å². The lowest BCUT2D eigenvalue weighted by molar-refractivity contribution is 0.0360. The zero-order chi connectivity index (χ0) is 12.2. The van der Waals surface area contributed by atoms with Gasteiger partial charge in [0.2, 0.25) is 0 Å². The Labute approximate surface area is 121 Å². The molecule has 1 fully saturated rings. The number of benzene rings is 1. The Kier molecular flexibility index (Phi) is 5.64. The highest BCUT2D eigenvalue weighted by Gasteiger charge is 2.18. The van der Waals surface area contributed by atoms with E-state index < -0.39 is 0 Å². The Morgan fingerprint density at radius 2 is 1.47 bits per heavy atom. The smallest absolute Gasteiger partial charge is 0.0594 e. The lowest BCUT2D eigenvalue weighted by atomic mass is 10.1. The summed E-state index contributed by atoms with van der Waals surface area (Å²) in [6, 6.07) is 8.82. The van der Waals surface area contributed by atoms with Gasteiger partial charge in [-0.3, -0.25) is 9.80 Å². The van der Waals surface area contributed by atoms with Crippen molar-refractivity contribution >= 4 is 12.4 Å². The lowest BCUT2D eigenvalue weighted by Crippen LogP contribution is -2.37. The predicted octanol–water partition coefficient (Wildman–Crippen LogP) is 2.15. The SMILES string of the molecule is Cl.c1ccc2c(c1)CN(CCCN1CCOCC1)C2. The topological polar surface area (TPSA) is 15.7 Å². The van der Waals surface area contributed by atoms with E-state index in [4.69, 9.17) is 4.74 Å². The first kappa shape index (κ1) is 14.8. The predicted molar refractivity (Wildman–Crippen MR) is 79.7 cm³/mol. The minimum atomic E-state index is 0. The molecule has 0 radical (unpaired) electrons. The molecule has 1 aromatic carbocycles. The van der Waals surface area contributed by atoms with Gasteiger partial charge in [0.15, 0.2) is 0 Å². The Bertz CT molecular complexity index is 368. The normalized spacial score (nSPS) is 20.0. The van der Waals surface area contributed by atoms with Crippen molar-refractivity contribution in [1.82, 2.24) is 9.80 Å². The van der Waals surface area contributed by atoms with Crippen molar-refractivity contribution in [2.45, 2.75) is 19.5 Å². The third kappa shape index (κ3) is 3.93. The Morgan fingerprint density at radius 3 is 2.11 bits per heavy atom. The molecule has 4 heteroatoms. The molecule has 0 saturated carbocycles. The van der Waals surface area contributed by atoms with Crippen molar-refractivity contribution < 1.29 is 4.74 Å². The van der Waals surface area contributed by atoms with Crippen molar-refractivity contribution in [1.29, 1.82) is 0 Å². The molecule has 106 valence electrons. The molecule has 3 rings (SSSR count). The number of nitrogens with zero attached hydrogens (tertiary/aromatic N) is 2. The molecular formula is C15H23ClN2O. The van der Waals surface area contributed by atoms with Crippen molar-refractivity contribution in [2.75, 3.05) is 39.4 Å². The summed E-state index contributed by atoms with van der Waals surface area (Å²) >= 11 is 0. The maximum atomic E-state index is 5.37. The Hall–Kier alpha value is -0.610. The fourth-order valence-electron chi connectivity index (χ4n) is 2.90. The largest absolute Gasteiger partial charge is 0.379 e. The summed E-state index contributed by atoms with van der Waals surface area (Å²) in [7, 11) is 0. The highest BCUT2D eigenvalue weighted by atomic mass is 35.5. The molecule has 0 unspecified atom stereocenters. The zero-order valence-electron chi connectivity index (χ0n) is 11.4. The van der Waals surface area contributed by atoms with E-state index in [-0.39, 0.29) is 12.4 Å². The average Bonchev–Trinajstić information content (AvgIpc) is 2.82. The number of halogens is 1. The number of hydrogen-bond acceptors (Lipinski definition) is 3. The van der Waals surface area contributed by atoms with Crippen molar-refractivity contribution in [3.8, 4) is 0 Å². The Balaban J connectivity index is 0.00000133. The van der Waals surface area contributed by atoms with Gasteiger partial charge in [0.25, 0.3) is 0 Å². The molecule has 19 heavy (non-hydrogen) atoms. The molecule has 2 heterocycles. The summed E-state index contributed by atoms with van der Waals surface area (Å²) in [6.07, 6.45) is 1.27. The number of fused-ring (bicyclic) bond motifs is 1. The summed E-state index contributed by atoms with van der Waals surface area (Å²) < 4.78 is 5.37. The maximum absolute atomic E-state index is 5.37. The molecule has 3 nitrogen and oxygen atoms in total. The van der Waals surface area contributed by atoms with E-state index in [0.29, 0.717) is 0 Å². The number of hydrogen-bond donors (Lipinski definition) is 0. The maximum Gasteiger partial charge on any atom is 0.0594 e. The van der Waals surface area contributed by atoms with Crippen LogP contribution in [0.15, 0.2) is 24.3 Å². The van der Waals surface area contributed by atoms with Gasteiger partial charge < -0.3 is 4.74 Å². The summed E-state index contributed by atoms with van der Waals surface area (Å²) in [4.78, 5) is 5.08. The van der Waals surface area contributed by atoms with Crippen LogP contribution in [-0.2, 0) is 17.8 Å². The zero-order valence-corrected chi connectivity index (χ0v) is 12.2. The van der Waals surface area contributed by atoms with Gasteiger partial charge in [-0.05, 0) is 24.1 Å². The highest BCUT2D eigenvalue weighted by molar-refractivity contribution is 5.85. The molecule has 0 atom stereocenters. The third-order valence-electron chi connectivity index (χ3n) is 3.96. The molecule has 1 saturated heterocycles. The Morgan fingerprint density at radius 1 is 0.895 bits per heavy atom. The number of rotatable bonds is 4. The molecule has 0 spiro atoms. The second kappa shape index (κ2) is 7.25. The first-order valence-electron chi connectivity index (χ1n) is 7.01. The molecule has 0 amide bonds. The third-order valence-corrected chi connectivity index (χ3v) is 3.96. The van der Waals surface area contributed by atoms with Gasteiger partial charge in [0.05, 0.1) is 13.2 Å². The van der Waals surface area contributed by atoms with Crippen LogP contribution in [0.3, 0.4) is 0 Å². The molecule has 0 aromatic heterocycles. The summed E-state index contributed by atoms with van der Waals surface area (Å²) in [5.41, 5.74) is 3.03. The van der Waals surface area contributed by atoms with E-state index >= 15 is 0 Å². The van der Waals surface area contributed by atoms with Crippen molar-refractivity contribution in [3.63, 3.8) is 0 Å². The monoisotopic (exact) mass is 282 g/mol. The van der Waals surface area contributed by atoms with Crippen LogP contribution in [0.25, 0.3) is 0 Å². The van der Waals surface area contributed by atoms with Crippen molar-refractivity contribution in [2.24, 2.45) is 0 Å². The molecule has 1 aromatic rings. The molecular weight excluding hydrogens is 260 g/mol. The van der Waals surface area contributed by atoms with E-state index in [9.17, 15) is 0 Å². The lowest BCUT2D eigenvalue weighted by Gasteiger charge is -2.27. The standard InChI is InChI=1S/C15H22N2O.ClH/c1-2-5-15-13-17(12-14(15)4-1)7-3-6-16-8-10-18-11-9-16;/h1-2,4-5H,3,6-13H2;1H. The summed E-state index contributed by atoms with van der Waals surface area (Å²) in [6.45, 7) is 8.76. The van der Waals surface area contributed by atoms with Crippen LogP contribution in [0.4, 0.5) is 0 Å². The fraction of sp³-hybridized carbons (Fsp3) is 0.600. The van der Waals surface area contributed by atoms with E-state index in [1.165, 1.54) is 30.6 Å². The molecule has 0 aliphatic carbocycles. The minimum absolute atomic E-state index is 0. The van der Waals surface area contributed by atoms with E-state index in [2.05, 4.69) is 34.1 Å². The van der Waals surface area contributed by atoms with E-state index in [1.807, 2.05) is 0 Å². The number of morpholine rings is 1. The van der Waals surface area contributed by atoms with Crippen LogP contribution in [0, 0.1) is 0 Å². The van der Waals surface area contributed by atoms with Crippen LogP contribution >= 0.6 is 12.4 Å². The van der Waals surface area contributed by atoms with Crippen LogP contribution in [0.5, 0.6) is 0 Å². The first-order chi connectivity index (χ1) is 8.92. The first-order valence-corrected chi connectivity index (χ1v) is 7.01. The van der Waals surface area contributed by atoms with E-state index in [1.54, 1.807) is 0 Å². The summed E-state index contributed by atoms with van der Waals surface area (Å²) in [5, 5.41) is 0. The molecule has 2 aliphatic rings. The second-order valence-electron chi connectivity index (χ2n) is 5.29. The molecule has 0 bridgehead atoms. The summed E-state index contributed by atoms with van der Waals surface area (Å²) in [5.74, 6) is 0. The van der Waals surface area contributed by atoms with Gasteiger partial charge >= 0.3 is 0 Å². The minimum Gasteiger partial charge on any atom is -0.379 e. The van der Waals surface area contributed by atoms with Crippen LogP contribution < -0.4 is 0 Å². The number of ether oxygens (including phenoxy) is 1. The van der Waals surface area contributed by atoms with E-state index in [0.717, 1.165) is 39.4 Å². The van der Waals surface area contributed by atoms with Gasteiger partial charge in [-0.25, -0.2) is 0 Å². The van der Waals surface area contributed by atoms with Crippen LogP contribution in [-0.4, -0.2) is 49.2 Å². The highest BCUT2D eigenvalue weighted by Crippen LogP contribution is 2.21. The van der Waals surface area contributed by atoms with Crippen LogP contribution in [0.2, 0.25) is 0 Å². The van der Waals surface area contributed by atoms with Gasteiger partial charge in [0, 0.05) is 32.7 Å². The fourth-order valence-corrected chi connectivity index (χ4v) is 2.90. The second-order valence-corrected chi connectivity index (χ2v) is 5.29. The molecule has 0 N–H and O–H groups in total. The molecule has 2 aliphatic heterocycles. The van der Waals surface area contributed by atoms with Crippen molar-refractivity contribution in [3.05, 3.63) is 35.4 Å². The average molecular weight is 283 g/mol. The quantitative estimate of drug-likeness (QED) is 0.842. The van der Waals surface area contributed by atoms with Gasteiger partial charge in [-0.2, -0.15) is 0 Å². The van der Waals surface area contributed by atoms with Gasteiger partial charge in [-0.1, -0.05) is 24.3 Å². The van der Waals surface area contributed by atoms with Gasteiger partial charge in [0.1, 0.15) is 0 Å². The van der Waals surface area contributed by atoms with Gasteiger partial charge in [-0.15, -0.1) is 12.4 Å².